The van der Waals surface area contributed by atoms with Crippen molar-refractivity contribution in [1.29, 1.82) is 0 Å². The van der Waals surface area contributed by atoms with E-state index in [-0.39, 0.29) is 30.3 Å². The molecule has 3 aromatic rings. The van der Waals surface area contributed by atoms with Crippen LogP contribution in [0.1, 0.15) is 49.2 Å². The predicted octanol–water partition coefficient (Wildman–Crippen LogP) is 1.91. The zero-order valence-electron chi connectivity index (χ0n) is 25.6. The maximum absolute atomic E-state index is 13.4. The van der Waals surface area contributed by atoms with Crippen LogP contribution in [0.3, 0.4) is 0 Å². The van der Waals surface area contributed by atoms with E-state index in [4.69, 9.17) is 0 Å². The molecule has 1 heterocycles. The number of carbonyl (C=O) groups excluding carboxylic acids is 6. The van der Waals surface area contributed by atoms with Crippen LogP contribution in [-0.4, -0.2) is 58.4 Å². The Morgan fingerprint density at radius 3 is 1.98 bits per heavy atom. The zero-order valence-corrected chi connectivity index (χ0v) is 25.6. The van der Waals surface area contributed by atoms with E-state index in [9.17, 15) is 28.8 Å². The summed E-state index contributed by atoms with van der Waals surface area (Å²) in [5, 5.41) is 13.0. The minimum atomic E-state index is -1.13. The van der Waals surface area contributed by atoms with Crippen LogP contribution >= 0.6 is 0 Å². The average Bonchev–Trinajstić information content (AvgIpc) is 3.02. The quantitative estimate of drug-likeness (QED) is 0.172. The average molecular weight is 615 g/mol. The topological polar surface area (TPSA) is 175 Å². The summed E-state index contributed by atoms with van der Waals surface area (Å²) in [4.78, 5) is 80.6. The van der Waals surface area contributed by atoms with Crippen molar-refractivity contribution in [3.05, 3.63) is 95.7 Å². The Balaban J connectivity index is 1.68. The number of amides is 5. The summed E-state index contributed by atoms with van der Waals surface area (Å²) in [5.41, 5.74) is 1.74. The van der Waals surface area contributed by atoms with Gasteiger partial charge in [-0.05, 0) is 36.1 Å². The van der Waals surface area contributed by atoms with E-state index in [0.717, 1.165) is 11.1 Å². The van der Waals surface area contributed by atoms with Crippen molar-refractivity contribution in [1.82, 2.24) is 26.3 Å². The summed E-state index contributed by atoms with van der Waals surface area (Å²) in [6, 6.07) is 17.6. The maximum Gasteiger partial charge on any atom is 0.289 e. The van der Waals surface area contributed by atoms with Gasteiger partial charge >= 0.3 is 0 Å². The molecule has 0 spiro atoms. The van der Waals surface area contributed by atoms with Crippen molar-refractivity contribution < 1.29 is 28.8 Å². The molecule has 0 saturated heterocycles. The van der Waals surface area contributed by atoms with Crippen LogP contribution in [-0.2, 0) is 36.9 Å². The van der Waals surface area contributed by atoms with Crippen LogP contribution in [0.25, 0.3) is 0 Å². The number of aromatic nitrogens is 1. The molecule has 3 atom stereocenters. The lowest BCUT2D eigenvalue weighted by Crippen LogP contribution is -2.57. The standard InChI is InChI=1S/C33H38N6O6/c1-20(2)28(29(41)33(45)35-19-24-13-9-6-10-14-24)39-30(42)21(3)36-32(44)26(17-23-11-7-5-8-12-23)38-31(43)25-15-16-34-27(18-25)37-22(4)40/h5-16,18,20-21,26,28H,17,19H2,1-4H3,(H,35,45)(H,36,44)(H,38,43)(H,39,42)(H,34,37,40). The number of pyridine rings is 1. The molecule has 5 N–H and O–H groups in total. The third-order valence-electron chi connectivity index (χ3n) is 6.75. The number of hydrogen-bond donors (Lipinski definition) is 5. The van der Waals surface area contributed by atoms with Crippen molar-refractivity contribution >= 4 is 41.1 Å². The van der Waals surface area contributed by atoms with Gasteiger partial charge in [-0.25, -0.2) is 4.98 Å². The molecule has 5 amide bonds. The van der Waals surface area contributed by atoms with Gasteiger partial charge in [-0.15, -0.1) is 0 Å². The van der Waals surface area contributed by atoms with E-state index >= 15 is 0 Å². The van der Waals surface area contributed by atoms with E-state index in [1.54, 1.807) is 38.1 Å². The largest absolute Gasteiger partial charge is 0.345 e. The van der Waals surface area contributed by atoms with Crippen LogP contribution in [0.2, 0.25) is 0 Å². The van der Waals surface area contributed by atoms with Crippen molar-refractivity contribution in [2.24, 2.45) is 5.92 Å². The minimum Gasteiger partial charge on any atom is -0.345 e. The highest BCUT2D eigenvalue weighted by molar-refractivity contribution is 6.38. The molecule has 0 aliphatic carbocycles. The molecule has 12 heteroatoms. The summed E-state index contributed by atoms with van der Waals surface area (Å²) < 4.78 is 0. The normalized spacial score (nSPS) is 12.6. The zero-order chi connectivity index (χ0) is 32.9. The lowest BCUT2D eigenvalue weighted by Gasteiger charge is -2.25. The first-order chi connectivity index (χ1) is 21.4. The van der Waals surface area contributed by atoms with Crippen LogP contribution < -0.4 is 26.6 Å². The Hall–Kier alpha value is -5.39. The molecule has 0 bridgehead atoms. The molecule has 45 heavy (non-hydrogen) atoms. The molecule has 12 nitrogen and oxygen atoms in total. The van der Waals surface area contributed by atoms with Crippen molar-refractivity contribution in [3.63, 3.8) is 0 Å². The summed E-state index contributed by atoms with van der Waals surface area (Å²) in [6.07, 6.45) is 1.47. The molecule has 0 aliphatic rings. The van der Waals surface area contributed by atoms with Gasteiger partial charge in [-0.3, -0.25) is 28.8 Å². The molecule has 0 radical (unpaired) electrons. The minimum absolute atomic E-state index is 0.116. The van der Waals surface area contributed by atoms with Gasteiger partial charge in [0.1, 0.15) is 17.9 Å². The molecule has 3 rings (SSSR count). The fourth-order valence-electron chi connectivity index (χ4n) is 4.32. The molecule has 0 aliphatic heterocycles. The summed E-state index contributed by atoms with van der Waals surface area (Å²) in [6.45, 7) is 6.29. The van der Waals surface area contributed by atoms with Gasteiger partial charge < -0.3 is 26.6 Å². The van der Waals surface area contributed by atoms with Gasteiger partial charge in [0.05, 0.1) is 6.04 Å². The van der Waals surface area contributed by atoms with E-state index in [1.165, 1.54) is 32.2 Å². The molecule has 236 valence electrons. The number of nitrogens with zero attached hydrogens (tertiary/aromatic N) is 1. The number of nitrogens with one attached hydrogen (secondary N) is 5. The van der Waals surface area contributed by atoms with Gasteiger partial charge in [0.25, 0.3) is 11.8 Å². The van der Waals surface area contributed by atoms with E-state index in [2.05, 4.69) is 31.6 Å². The Labute approximate surface area is 261 Å². The lowest BCUT2D eigenvalue weighted by atomic mass is 9.98. The van der Waals surface area contributed by atoms with Crippen LogP contribution in [0.5, 0.6) is 0 Å². The highest BCUT2D eigenvalue weighted by Crippen LogP contribution is 2.10. The predicted molar refractivity (Wildman–Crippen MR) is 168 cm³/mol. The second kappa shape index (κ2) is 16.5. The second-order valence-electron chi connectivity index (χ2n) is 10.8. The Morgan fingerprint density at radius 2 is 1.38 bits per heavy atom. The maximum atomic E-state index is 13.4. The summed E-state index contributed by atoms with van der Waals surface area (Å²) in [5.74, 6) is -4.15. The molecule has 3 unspecified atom stereocenters. The lowest BCUT2D eigenvalue weighted by molar-refractivity contribution is -0.141. The van der Waals surface area contributed by atoms with Crippen molar-refractivity contribution in [2.75, 3.05) is 5.32 Å². The number of carbonyl (C=O) groups is 6. The number of anilines is 1. The van der Waals surface area contributed by atoms with Crippen LogP contribution in [0.15, 0.2) is 79.0 Å². The van der Waals surface area contributed by atoms with Gasteiger partial charge in [0, 0.05) is 31.6 Å². The second-order valence-corrected chi connectivity index (χ2v) is 10.8. The number of rotatable bonds is 14. The van der Waals surface area contributed by atoms with E-state index in [0.29, 0.717) is 0 Å². The SMILES string of the molecule is CC(=O)Nc1cc(C(=O)NC(Cc2ccccc2)C(=O)NC(C)C(=O)NC(C(=O)C(=O)NCc2ccccc2)C(C)C)ccn1. The number of Topliss-reactive ketones (excluding diaryl/α,β-unsaturated/α-hetero) is 1. The van der Waals surface area contributed by atoms with Crippen LogP contribution in [0.4, 0.5) is 5.82 Å². The molecule has 1 aromatic heterocycles. The first kappa shape index (κ1) is 34.1. The highest BCUT2D eigenvalue weighted by atomic mass is 16.2. The summed E-state index contributed by atoms with van der Waals surface area (Å²) >= 11 is 0. The van der Waals surface area contributed by atoms with Gasteiger partial charge in [-0.1, -0.05) is 74.5 Å². The fraction of sp³-hybridized carbons (Fsp3) is 0.303. The van der Waals surface area contributed by atoms with Crippen molar-refractivity contribution in [3.8, 4) is 0 Å². The molecule has 0 fully saturated rings. The molecule has 0 saturated carbocycles. The molecular formula is C33H38N6O6. The highest BCUT2D eigenvalue weighted by Gasteiger charge is 2.32. The third kappa shape index (κ3) is 10.7. The summed E-state index contributed by atoms with van der Waals surface area (Å²) in [7, 11) is 0. The van der Waals surface area contributed by atoms with Crippen LogP contribution in [0, 0.1) is 5.92 Å². The number of benzene rings is 2. The first-order valence-corrected chi connectivity index (χ1v) is 14.5. The Kier molecular flexibility index (Phi) is 12.5. The van der Waals surface area contributed by atoms with E-state index in [1.807, 2.05) is 36.4 Å². The smallest absolute Gasteiger partial charge is 0.289 e. The van der Waals surface area contributed by atoms with Gasteiger partial charge in [0.15, 0.2) is 0 Å². The molecular weight excluding hydrogens is 576 g/mol. The third-order valence-corrected chi connectivity index (χ3v) is 6.75. The van der Waals surface area contributed by atoms with Gasteiger partial charge in [0.2, 0.25) is 23.5 Å². The first-order valence-electron chi connectivity index (χ1n) is 14.5. The molecule has 2 aromatic carbocycles. The van der Waals surface area contributed by atoms with Gasteiger partial charge in [-0.2, -0.15) is 0 Å². The monoisotopic (exact) mass is 614 g/mol. The van der Waals surface area contributed by atoms with E-state index < -0.39 is 53.5 Å². The number of hydrogen-bond acceptors (Lipinski definition) is 7. The fourth-order valence-corrected chi connectivity index (χ4v) is 4.32. The van der Waals surface area contributed by atoms with Crippen molar-refractivity contribution in [2.45, 2.75) is 58.8 Å². The Morgan fingerprint density at radius 1 is 0.756 bits per heavy atom. The Bertz CT molecular complexity index is 1510. The number of ketones is 1.